The Bertz CT molecular complexity index is 752. The normalized spacial score (nSPS) is 15.2. The van der Waals surface area contributed by atoms with Gasteiger partial charge in [0.1, 0.15) is 5.82 Å². The van der Waals surface area contributed by atoms with Crippen molar-refractivity contribution in [2.75, 3.05) is 33.3 Å². The molecule has 1 aliphatic heterocycles. The van der Waals surface area contributed by atoms with Crippen LogP contribution >= 0.6 is 0 Å². The predicted molar refractivity (Wildman–Crippen MR) is 87.6 cm³/mol. The van der Waals surface area contributed by atoms with Crippen LogP contribution in [0.1, 0.15) is 26.5 Å². The van der Waals surface area contributed by atoms with Gasteiger partial charge in [-0.15, -0.1) is 0 Å². The van der Waals surface area contributed by atoms with Crippen molar-refractivity contribution < 1.29 is 23.1 Å². The van der Waals surface area contributed by atoms with Crippen LogP contribution in [-0.2, 0) is 11.3 Å². The van der Waals surface area contributed by atoms with Crippen molar-refractivity contribution in [3.63, 3.8) is 0 Å². The van der Waals surface area contributed by atoms with Gasteiger partial charge >= 0.3 is 5.97 Å². The molecule has 0 atom stereocenters. The summed E-state index contributed by atoms with van der Waals surface area (Å²) in [7, 11) is 1.27. The molecule has 25 heavy (non-hydrogen) atoms. The maximum Gasteiger partial charge on any atom is 0.338 e. The second kappa shape index (κ2) is 7.48. The minimum Gasteiger partial charge on any atom is -0.465 e. The number of esters is 1. The van der Waals surface area contributed by atoms with E-state index in [1.54, 1.807) is 23.1 Å². The molecule has 6 nitrogen and oxygen atoms in total. The summed E-state index contributed by atoms with van der Waals surface area (Å²) in [4.78, 5) is 27.9. The fourth-order valence-corrected chi connectivity index (χ4v) is 2.89. The number of carbonyl (C=O) groups is 2. The van der Waals surface area contributed by atoms with Gasteiger partial charge in [0.2, 0.25) is 0 Å². The zero-order valence-electron chi connectivity index (χ0n) is 13.9. The number of halogens is 1. The summed E-state index contributed by atoms with van der Waals surface area (Å²) in [5.41, 5.74) is 0.940. The summed E-state index contributed by atoms with van der Waals surface area (Å²) >= 11 is 0. The van der Waals surface area contributed by atoms with E-state index in [1.807, 2.05) is 0 Å². The van der Waals surface area contributed by atoms with Crippen LogP contribution in [0.25, 0.3) is 0 Å². The van der Waals surface area contributed by atoms with Gasteiger partial charge in [-0.3, -0.25) is 9.69 Å². The second-order valence-electron chi connectivity index (χ2n) is 5.84. The molecular weight excluding hydrogens is 327 g/mol. The lowest BCUT2D eigenvalue weighted by molar-refractivity contribution is 0.0587. The number of furan rings is 1. The summed E-state index contributed by atoms with van der Waals surface area (Å²) in [5.74, 6) is -0.819. The molecular formula is C18H19FN2O4. The highest BCUT2D eigenvalue weighted by atomic mass is 19.1. The summed E-state index contributed by atoms with van der Waals surface area (Å²) in [5, 5.41) is 0. The Morgan fingerprint density at radius 1 is 1.20 bits per heavy atom. The monoisotopic (exact) mass is 346 g/mol. The fraction of sp³-hybridized carbons (Fsp3) is 0.333. The molecule has 1 aliphatic rings. The first-order valence-corrected chi connectivity index (χ1v) is 8.00. The van der Waals surface area contributed by atoms with Crippen LogP contribution in [0.15, 0.2) is 41.0 Å². The molecule has 3 rings (SSSR count). The topological polar surface area (TPSA) is 63.0 Å². The van der Waals surface area contributed by atoms with Crippen molar-refractivity contribution >= 4 is 11.9 Å². The zero-order valence-corrected chi connectivity index (χ0v) is 13.9. The van der Waals surface area contributed by atoms with Gasteiger partial charge < -0.3 is 14.1 Å². The van der Waals surface area contributed by atoms with Crippen molar-refractivity contribution in [1.82, 2.24) is 9.80 Å². The quantitative estimate of drug-likeness (QED) is 0.794. The van der Waals surface area contributed by atoms with Gasteiger partial charge in [-0.2, -0.15) is 0 Å². The molecule has 2 heterocycles. The van der Waals surface area contributed by atoms with Crippen molar-refractivity contribution in [1.29, 1.82) is 0 Å². The lowest BCUT2D eigenvalue weighted by atomic mass is 10.1. The first-order chi connectivity index (χ1) is 12.1. The van der Waals surface area contributed by atoms with E-state index in [4.69, 9.17) is 9.15 Å². The number of ether oxygens (including phenoxy) is 1. The molecule has 0 spiro atoms. The van der Waals surface area contributed by atoms with E-state index < -0.39 is 11.8 Å². The van der Waals surface area contributed by atoms with E-state index in [9.17, 15) is 14.0 Å². The van der Waals surface area contributed by atoms with Gasteiger partial charge in [-0.05, 0) is 29.8 Å². The summed E-state index contributed by atoms with van der Waals surface area (Å²) in [6, 6.07) is 7.46. The SMILES string of the molecule is COC(=O)c1cc(F)ccc1CN1CCN(C(=O)c2ccco2)CC1. The first kappa shape index (κ1) is 17.2. The molecule has 0 unspecified atom stereocenters. The summed E-state index contributed by atoms with van der Waals surface area (Å²) in [6.45, 7) is 2.94. The van der Waals surface area contributed by atoms with Gasteiger partial charge in [-0.25, -0.2) is 9.18 Å². The molecule has 0 radical (unpaired) electrons. The fourth-order valence-electron chi connectivity index (χ4n) is 2.89. The third kappa shape index (κ3) is 3.88. The van der Waals surface area contributed by atoms with E-state index in [1.165, 1.54) is 25.5 Å². The van der Waals surface area contributed by atoms with Gasteiger partial charge in [0.15, 0.2) is 5.76 Å². The van der Waals surface area contributed by atoms with Gasteiger partial charge in [0, 0.05) is 32.7 Å². The number of rotatable bonds is 4. The number of hydrogen-bond acceptors (Lipinski definition) is 5. The first-order valence-electron chi connectivity index (χ1n) is 8.00. The van der Waals surface area contributed by atoms with Crippen LogP contribution in [-0.4, -0.2) is 55.0 Å². The largest absolute Gasteiger partial charge is 0.465 e. The van der Waals surface area contributed by atoms with Crippen LogP contribution < -0.4 is 0 Å². The van der Waals surface area contributed by atoms with Crippen molar-refractivity contribution in [2.45, 2.75) is 6.54 Å². The van der Waals surface area contributed by atoms with Crippen LogP contribution in [0.3, 0.4) is 0 Å². The van der Waals surface area contributed by atoms with Crippen molar-refractivity contribution in [2.24, 2.45) is 0 Å². The average Bonchev–Trinajstić information content (AvgIpc) is 3.17. The molecule has 0 N–H and O–H groups in total. The van der Waals surface area contributed by atoms with E-state index in [-0.39, 0.29) is 11.5 Å². The highest BCUT2D eigenvalue weighted by Gasteiger charge is 2.24. The van der Waals surface area contributed by atoms with E-state index in [0.29, 0.717) is 44.0 Å². The Morgan fingerprint density at radius 3 is 2.60 bits per heavy atom. The highest BCUT2D eigenvalue weighted by Crippen LogP contribution is 2.17. The number of carbonyl (C=O) groups excluding carboxylic acids is 2. The maximum atomic E-state index is 13.4. The van der Waals surface area contributed by atoms with Gasteiger partial charge in [0.05, 0.1) is 18.9 Å². The molecule has 1 aromatic heterocycles. The molecule has 2 aromatic rings. The number of benzene rings is 1. The minimum absolute atomic E-state index is 0.123. The third-order valence-corrected chi connectivity index (χ3v) is 4.26. The smallest absolute Gasteiger partial charge is 0.338 e. The predicted octanol–water partition coefficient (Wildman–Crippen LogP) is 2.16. The molecule has 7 heteroatoms. The molecule has 1 amide bonds. The van der Waals surface area contributed by atoms with Crippen LogP contribution in [0.5, 0.6) is 0 Å². The molecule has 0 bridgehead atoms. The lowest BCUT2D eigenvalue weighted by Gasteiger charge is -2.34. The standard InChI is InChI=1S/C18H19FN2O4/c1-24-18(23)15-11-14(19)5-4-13(15)12-20-6-8-21(9-7-20)17(22)16-3-2-10-25-16/h2-5,10-11H,6-9,12H2,1H3. The Balaban J connectivity index is 1.63. The molecule has 1 aromatic carbocycles. The molecule has 1 saturated heterocycles. The van der Waals surface area contributed by atoms with E-state index in [2.05, 4.69) is 4.90 Å². The Labute approximate surface area is 144 Å². The summed E-state index contributed by atoms with van der Waals surface area (Å²) in [6.07, 6.45) is 1.48. The minimum atomic E-state index is -0.555. The summed E-state index contributed by atoms with van der Waals surface area (Å²) < 4.78 is 23.3. The molecule has 1 fully saturated rings. The van der Waals surface area contributed by atoms with Crippen molar-refractivity contribution in [3.8, 4) is 0 Å². The lowest BCUT2D eigenvalue weighted by Crippen LogP contribution is -2.48. The Hall–Kier alpha value is -2.67. The molecule has 0 aliphatic carbocycles. The van der Waals surface area contributed by atoms with Crippen LogP contribution in [0.4, 0.5) is 4.39 Å². The number of piperazine rings is 1. The van der Waals surface area contributed by atoms with Gasteiger partial charge in [-0.1, -0.05) is 6.07 Å². The second-order valence-corrected chi connectivity index (χ2v) is 5.84. The van der Waals surface area contributed by atoms with Crippen LogP contribution in [0.2, 0.25) is 0 Å². The average molecular weight is 346 g/mol. The Morgan fingerprint density at radius 2 is 1.96 bits per heavy atom. The number of hydrogen-bond donors (Lipinski definition) is 0. The number of amides is 1. The number of nitrogens with zero attached hydrogens (tertiary/aromatic N) is 2. The van der Waals surface area contributed by atoms with Gasteiger partial charge in [0.25, 0.3) is 5.91 Å². The van der Waals surface area contributed by atoms with Crippen LogP contribution in [0, 0.1) is 5.82 Å². The van der Waals surface area contributed by atoms with Crippen molar-refractivity contribution in [3.05, 3.63) is 59.3 Å². The Kier molecular flexibility index (Phi) is 5.14. The molecule has 132 valence electrons. The number of methoxy groups -OCH3 is 1. The third-order valence-electron chi connectivity index (χ3n) is 4.26. The van der Waals surface area contributed by atoms with E-state index >= 15 is 0 Å². The molecule has 0 saturated carbocycles. The zero-order chi connectivity index (χ0) is 17.8. The highest BCUT2D eigenvalue weighted by molar-refractivity contribution is 5.91. The maximum absolute atomic E-state index is 13.4. The van der Waals surface area contributed by atoms with E-state index in [0.717, 1.165) is 0 Å².